The summed E-state index contributed by atoms with van der Waals surface area (Å²) in [6, 6.07) is 7.26. The number of nitrogen functional groups attached to an aromatic ring is 1. The number of nitrogens with two attached hydrogens (primary N) is 1. The highest BCUT2D eigenvalue weighted by atomic mass is 16.5. The lowest BCUT2D eigenvalue weighted by molar-refractivity contribution is -0.148. The standard InChI is InChI=1S/C15H20N2O3/c16-12-7-5-11(6-8-12)9-15(19)20-10-14(18)17-13-3-1-2-4-13/h5-8,13H,1-4,9-10,16H2,(H,17,18). The molecule has 1 amide bonds. The monoisotopic (exact) mass is 276 g/mol. The summed E-state index contributed by atoms with van der Waals surface area (Å²) >= 11 is 0. The van der Waals surface area contributed by atoms with Crippen LogP contribution in [0.1, 0.15) is 31.2 Å². The molecule has 0 saturated heterocycles. The first-order valence-corrected chi connectivity index (χ1v) is 6.93. The Morgan fingerprint density at radius 3 is 2.50 bits per heavy atom. The molecule has 5 nitrogen and oxygen atoms in total. The van der Waals surface area contributed by atoms with Crippen molar-refractivity contribution in [3.63, 3.8) is 0 Å². The van der Waals surface area contributed by atoms with E-state index in [1.165, 1.54) is 0 Å². The van der Waals surface area contributed by atoms with Crippen LogP contribution in [0.3, 0.4) is 0 Å². The number of amides is 1. The van der Waals surface area contributed by atoms with Gasteiger partial charge in [0.2, 0.25) is 0 Å². The lowest BCUT2D eigenvalue weighted by Gasteiger charge is -2.11. The van der Waals surface area contributed by atoms with Crippen molar-refractivity contribution in [1.82, 2.24) is 5.32 Å². The van der Waals surface area contributed by atoms with Crippen molar-refractivity contribution >= 4 is 17.6 Å². The first kappa shape index (κ1) is 14.4. The molecule has 0 spiro atoms. The van der Waals surface area contributed by atoms with Gasteiger partial charge in [-0.05, 0) is 30.5 Å². The smallest absolute Gasteiger partial charge is 0.310 e. The van der Waals surface area contributed by atoms with Crippen LogP contribution in [0, 0.1) is 0 Å². The van der Waals surface area contributed by atoms with Crippen LogP contribution in [-0.2, 0) is 20.7 Å². The third-order valence-corrected chi connectivity index (χ3v) is 3.41. The van der Waals surface area contributed by atoms with E-state index in [0.29, 0.717) is 5.69 Å². The third-order valence-electron chi connectivity index (χ3n) is 3.41. The predicted octanol–water partition coefficient (Wildman–Crippen LogP) is 1.41. The third kappa shape index (κ3) is 4.57. The molecule has 3 N–H and O–H groups in total. The van der Waals surface area contributed by atoms with Gasteiger partial charge in [0, 0.05) is 11.7 Å². The van der Waals surface area contributed by atoms with Crippen LogP contribution >= 0.6 is 0 Å². The first-order valence-electron chi connectivity index (χ1n) is 6.93. The van der Waals surface area contributed by atoms with Gasteiger partial charge in [-0.1, -0.05) is 25.0 Å². The second kappa shape index (κ2) is 6.93. The van der Waals surface area contributed by atoms with E-state index < -0.39 is 5.97 Å². The van der Waals surface area contributed by atoms with Gasteiger partial charge in [-0.25, -0.2) is 0 Å². The number of hydrogen-bond acceptors (Lipinski definition) is 4. The topological polar surface area (TPSA) is 81.4 Å². The quantitative estimate of drug-likeness (QED) is 0.629. The Hall–Kier alpha value is -2.04. The molecule has 1 aliphatic carbocycles. The summed E-state index contributed by atoms with van der Waals surface area (Å²) in [5.74, 6) is -0.626. The molecule has 1 fully saturated rings. The molecule has 1 aromatic rings. The first-order chi connectivity index (χ1) is 9.63. The molecule has 0 unspecified atom stereocenters. The molecule has 1 aromatic carbocycles. The Kier molecular flexibility index (Phi) is 4.98. The average molecular weight is 276 g/mol. The largest absolute Gasteiger partial charge is 0.455 e. The van der Waals surface area contributed by atoms with Crippen LogP contribution in [0.4, 0.5) is 5.69 Å². The molecule has 0 radical (unpaired) electrons. The summed E-state index contributed by atoms with van der Waals surface area (Å²) in [5.41, 5.74) is 7.04. The Labute approximate surface area is 118 Å². The van der Waals surface area contributed by atoms with E-state index in [4.69, 9.17) is 10.5 Å². The highest BCUT2D eigenvalue weighted by molar-refractivity contribution is 5.81. The maximum absolute atomic E-state index is 11.6. The summed E-state index contributed by atoms with van der Waals surface area (Å²) < 4.78 is 4.97. The van der Waals surface area contributed by atoms with Gasteiger partial charge in [0.1, 0.15) is 0 Å². The molecule has 0 heterocycles. The zero-order valence-electron chi connectivity index (χ0n) is 11.4. The number of benzene rings is 1. The number of carbonyl (C=O) groups is 2. The van der Waals surface area contributed by atoms with Crippen molar-refractivity contribution in [2.75, 3.05) is 12.3 Å². The molecule has 2 rings (SSSR count). The molecule has 20 heavy (non-hydrogen) atoms. The van der Waals surface area contributed by atoms with Gasteiger partial charge in [-0.2, -0.15) is 0 Å². The maximum Gasteiger partial charge on any atom is 0.310 e. The van der Waals surface area contributed by atoms with Crippen LogP contribution in [0.15, 0.2) is 24.3 Å². The van der Waals surface area contributed by atoms with Crippen molar-refractivity contribution in [3.8, 4) is 0 Å². The molecule has 0 aliphatic heterocycles. The number of carbonyl (C=O) groups excluding carboxylic acids is 2. The van der Waals surface area contributed by atoms with Crippen molar-refractivity contribution in [3.05, 3.63) is 29.8 Å². The number of nitrogens with one attached hydrogen (secondary N) is 1. The molecule has 1 aliphatic rings. The second-order valence-corrected chi connectivity index (χ2v) is 5.13. The number of anilines is 1. The van der Waals surface area contributed by atoms with E-state index in [1.54, 1.807) is 24.3 Å². The fraction of sp³-hybridized carbons (Fsp3) is 0.467. The van der Waals surface area contributed by atoms with Crippen molar-refractivity contribution in [1.29, 1.82) is 0 Å². The van der Waals surface area contributed by atoms with E-state index in [1.807, 2.05) is 0 Å². The van der Waals surface area contributed by atoms with Crippen molar-refractivity contribution in [2.45, 2.75) is 38.1 Å². The van der Waals surface area contributed by atoms with E-state index in [0.717, 1.165) is 31.2 Å². The molecule has 5 heteroatoms. The SMILES string of the molecule is Nc1ccc(CC(=O)OCC(=O)NC2CCCC2)cc1. The zero-order chi connectivity index (χ0) is 14.4. The lowest BCUT2D eigenvalue weighted by atomic mass is 10.1. The minimum Gasteiger partial charge on any atom is -0.455 e. The van der Waals surface area contributed by atoms with Crippen molar-refractivity contribution < 1.29 is 14.3 Å². The van der Waals surface area contributed by atoms with Gasteiger partial charge >= 0.3 is 5.97 Å². The van der Waals surface area contributed by atoms with Gasteiger partial charge in [0.05, 0.1) is 6.42 Å². The fourth-order valence-electron chi connectivity index (χ4n) is 2.34. The van der Waals surface area contributed by atoms with E-state index in [9.17, 15) is 9.59 Å². The van der Waals surface area contributed by atoms with Crippen LogP contribution in [0.2, 0.25) is 0 Å². The Balaban J connectivity index is 1.69. The molecule has 0 aromatic heterocycles. The van der Waals surface area contributed by atoms with Crippen LogP contribution in [-0.4, -0.2) is 24.5 Å². The predicted molar refractivity (Wildman–Crippen MR) is 75.9 cm³/mol. The minimum absolute atomic E-state index is 0.150. The van der Waals surface area contributed by atoms with Gasteiger partial charge in [-0.15, -0.1) is 0 Å². The molecular formula is C15H20N2O3. The van der Waals surface area contributed by atoms with E-state index in [-0.39, 0.29) is 25.0 Å². The highest BCUT2D eigenvalue weighted by Crippen LogP contribution is 2.17. The maximum atomic E-state index is 11.6. The molecule has 0 bridgehead atoms. The molecular weight excluding hydrogens is 256 g/mol. The zero-order valence-corrected chi connectivity index (χ0v) is 11.4. The Morgan fingerprint density at radius 1 is 1.20 bits per heavy atom. The van der Waals surface area contributed by atoms with Gasteiger partial charge in [0.25, 0.3) is 5.91 Å². The summed E-state index contributed by atoms with van der Waals surface area (Å²) in [4.78, 5) is 23.2. The summed E-state index contributed by atoms with van der Waals surface area (Å²) in [6.45, 7) is -0.204. The van der Waals surface area contributed by atoms with E-state index >= 15 is 0 Å². The average Bonchev–Trinajstić information content (AvgIpc) is 2.92. The number of hydrogen-bond donors (Lipinski definition) is 2. The number of rotatable bonds is 5. The van der Waals surface area contributed by atoms with Crippen LogP contribution < -0.4 is 11.1 Å². The fourth-order valence-corrected chi connectivity index (χ4v) is 2.34. The van der Waals surface area contributed by atoms with E-state index in [2.05, 4.69) is 5.32 Å². The minimum atomic E-state index is -0.406. The van der Waals surface area contributed by atoms with Crippen molar-refractivity contribution in [2.24, 2.45) is 0 Å². The summed E-state index contributed by atoms with van der Waals surface area (Å²) in [6.07, 6.45) is 4.50. The molecule has 108 valence electrons. The molecule has 0 atom stereocenters. The molecule has 1 saturated carbocycles. The van der Waals surface area contributed by atoms with Gasteiger partial charge < -0.3 is 15.8 Å². The van der Waals surface area contributed by atoms with Crippen LogP contribution in [0.25, 0.3) is 0 Å². The second-order valence-electron chi connectivity index (χ2n) is 5.13. The lowest BCUT2D eigenvalue weighted by Crippen LogP contribution is -2.36. The number of ether oxygens (including phenoxy) is 1. The van der Waals surface area contributed by atoms with Gasteiger partial charge in [-0.3, -0.25) is 9.59 Å². The van der Waals surface area contributed by atoms with Crippen LogP contribution in [0.5, 0.6) is 0 Å². The Morgan fingerprint density at radius 2 is 1.85 bits per heavy atom. The summed E-state index contributed by atoms with van der Waals surface area (Å²) in [7, 11) is 0. The summed E-state index contributed by atoms with van der Waals surface area (Å²) in [5, 5.41) is 2.87. The number of esters is 1. The Bertz CT molecular complexity index is 465. The normalized spacial score (nSPS) is 15.0. The highest BCUT2D eigenvalue weighted by Gasteiger charge is 2.17. The van der Waals surface area contributed by atoms with Gasteiger partial charge in [0.15, 0.2) is 6.61 Å².